The van der Waals surface area contributed by atoms with E-state index in [2.05, 4.69) is 20.8 Å². The maximum atomic E-state index is 13.2. The van der Waals surface area contributed by atoms with Gasteiger partial charge in [0.15, 0.2) is 5.60 Å². The summed E-state index contributed by atoms with van der Waals surface area (Å²) in [5.41, 5.74) is 0.682. The highest BCUT2D eigenvalue weighted by Crippen LogP contribution is 2.79. The van der Waals surface area contributed by atoms with Crippen molar-refractivity contribution in [3.8, 4) is 0 Å². The van der Waals surface area contributed by atoms with Gasteiger partial charge < -0.3 is 28.4 Å². The zero-order chi connectivity index (χ0) is 28.6. The van der Waals surface area contributed by atoms with Gasteiger partial charge in [0, 0.05) is 36.4 Å². The maximum Gasteiger partial charge on any atom is 0.334 e. The van der Waals surface area contributed by atoms with Crippen LogP contribution in [0.3, 0.4) is 0 Å². The molecule has 0 aromatic carbocycles. The second-order valence-corrected chi connectivity index (χ2v) is 13.6. The van der Waals surface area contributed by atoms with E-state index in [0.29, 0.717) is 51.6 Å². The predicted molar refractivity (Wildman–Crippen MR) is 144 cm³/mol. The smallest absolute Gasteiger partial charge is 0.334 e. The normalized spacial score (nSPS) is 42.3. The first kappa shape index (κ1) is 27.8. The Morgan fingerprint density at radius 2 is 1.88 bits per heavy atom. The molecule has 226 valence electrons. The molecular weight excluding hydrogens is 530 g/mol. The molecule has 8 unspecified atom stereocenters. The van der Waals surface area contributed by atoms with Crippen LogP contribution in [0.25, 0.3) is 0 Å². The minimum atomic E-state index is -0.623. The van der Waals surface area contributed by atoms with Crippen LogP contribution in [0.4, 0.5) is 0 Å². The highest BCUT2D eigenvalue weighted by Gasteiger charge is 2.93. The first-order valence-corrected chi connectivity index (χ1v) is 15.6. The number of epoxide rings is 2. The molecule has 0 radical (unpaired) electrons. The Kier molecular flexibility index (Phi) is 6.80. The molecule has 2 spiro atoms. The Morgan fingerprint density at radius 1 is 1.07 bits per heavy atom. The van der Waals surface area contributed by atoms with Gasteiger partial charge in [-0.1, -0.05) is 20.8 Å². The SMILES string of the molecule is CC(C)C1CC2OC23C2(C)CCC4=C(COC4=O)C2CC2OC23C1OC(=O)CCCCOC(=O)CN1CCOCC1. The quantitative estimate of drug-likeness (QED) is 0.176. The molecule has 7 rings (SSSR count). The molecule has 0 bridgehead atoms. The van der Waals surface area contributed by atoms with Gasteiger partial charge in [-0.25, -0.2) is 4.79 Å². The fourth-order valence-corrected chi connectivity index (χ4v) is 9.17. The fraction of sp³-hybridized carbons (Fsp3) is 0.839. The lowest BCUT2D eigenvalue weighted by Crippen LogP contribution is -2.67. The molecule has 2 saturated carbocycles. The summed E-state index contributed by atoms with van der Waals surface area (Å²) in [7, 11) is 0. The average Bonchev–Trinajstić information content (AvgIpc) is 3.83. The lowest BCUT2D eigenvalue weighted by atomic mass is 9.46. The molecule has 8 atom stereocenters. The largest absolute Gasteiger partial charge is 0.465 e. The van der Waals surface area contributed by atoms with Crippen LogP contribution in [0.15, 0.2) is 11.1 Å². The molecule has 10 heteroatoms. The van der Waals surface area contributed by atoms with Crippen LogP contribution in [0.5, 0.6) is 0 Å². The summed E-state index contributed by atoms with van der Waals surface area (Å²) in [6.45, 7) is 10.4. The number of unbranched alkanes of at least 4 members (excludes halogenated alkanes) is 1. The lowest BCUT2D eigenvalue weighted by Gasteiger charge is -2.54. The molecule has 0 N–H and O–H groups in total. The van der Waals surface area contributed by atoms with Crippen molar-refractivity contribution in [2.75, 3.05) is 46.1 Å². The molecule has 0 aromatic heterocycles. The maximum absolute atomic E-state index is 13.2. The first-order chi connectivity index (χ1) is 19.7. The monoisotopic (exact) mass is 573 g/mol. The number of nitrogens with zero attached hydrogens (tertiary/aromatic N) is 1. The molecule has 5 fully saturated rings. The van der Waals surface area contributed by atoms with Gasteiger partial charge in [-0.2, -0.15) is 0 Å². The first-order valence-electron chi connectivity index (χ1n) is 15.6. The number of ether oxygens (including phenoxy) is 6. The van der Waals surface area contributed by atoms with Crippen LogP contribution in [0, 0.1) is 23.2 Å². The number of morpholine rings is 1. The summed E-state index contributed by atoms with van der Waals surface area (Å²) < 4.78 is 35.9. The van der Waals surface area contributed by atoms with Crippen molar-refractivity contribution in [1.82, 2.24) is 4.90 Å². The highest BCUT2D eigenvalue weighted by molar-refractivity contribution is 5.92. The van der Waals surface area contributed by atoms with E-state index in [4.69, 9.17) is 28.4 Å². The Balaban J connectivity index is 0.991. The van der Waals surface area contributed by atoms with Crippen LogP contribution in [0.1, 0.15) is 65.7 Å². The number of carbonyl (C=O) groups is 3. The second-order valence-electron chi connectivity index (χ2n) is 13.6. The van der Waals surface area contributed by atoms with Gasteiger partial charge in [0.05, 0.1) is 38.6 Å². The van der Waals surface area contributed by atoms with Crippen molar-refractivity contribution >= 4 is 17.9 Å². The minimum absolute atomic E-state index is 0.0571. The molecule has 3 saturated heterocycles. The topological polar surface area (TPSA) is 116 Å². The van der Waals surface area contributed by atoms with Gasteiger partial charge in [-0.15, -0.1) is 0 Å². The van der Waals surface area contributed by atoms with Gasteiger partial charge in [-0.05, 0) is 55.9 Å². The standard InChI is InChI=1S/C31H43NO9/c1-18(2)20-14-24-31(41-24)29(3)8-7-19-21(17-38-28(19)35)22(29)15-23-30(31,40-23)27(20)39-25(33)6-4-5-11-37-26(34)16-32-9-12-36-13-10-32/h18,20,22-24,27H,4-17H2,1-3H3. The van der Waals surface area contributed by atoms with E-state index in [1.165, 1.54) is 0 Å². The minimum Gasteiger partial charge on any atom is -0.465 e. The summed E-state index contributed by atoms with van der Waals surface area (Å²) in [6, 6.07) is 0. The van der Waals surface area contributed by atoms with Crippen LogP contribution in [-0.2, 0) is 42.8 Å². The summed E-state index contributed by atoms with van der Waals surface area (Å²) in [4.78, 5) is 39.8. The highest BCUT2D eigenvalue weighted by atomic mass is 16.7. The van der Waals surface area contributed by atoms with Gasteiger partial charge in [0.25, 0.3) is 0 Å². The van der Waals surface area contributed by atoms with E-state index in [1.807, 2.05) is 4.90 Å². The van der Waals surface area contributed by atoms with Crippen molar-refractivity contribution < 1.29 is 42.8 Å². The van der Waals surface area contributed by atoms with Gasteiger partial charge in [0.1, 0.15) is 18.3 Å². The Labute approximate surface area is 241 Å². The summed E-state index contributed by atoms with van der Waals surface area (Å²) >= 11 is 0. The predicted octanol–water partition coefficient (Wildman–Crippen LogP) is 2.57. The number of esters is 3. The summed E-state index contributed by atoms with van der Waals surface area (Å²) in [5, 5.41) is 0. The number of hydrogen-bond acceptors (Lipinski definition) is 10. The van der Waals surface area contributed by atoms with Crippen LogP contribution in [-0.4, -0.2) is 98.4 Å². The number of fused-ring (bicyclic) bond motifs is 2. The van der Waals surface area contributed by atoms with Crippen molar-refractivity contribution in [3.05, 3.63) is 11.1 Å². The van der Waals surface area contributed by atoms with Crippen molar-refractivity contribution in [1.29, 1.82) is 0 Å². The summed E-state index contributed by atoms with van der Waals surface area (Å²) in [5.74, 6) is 0.0198. The summed E-state index contributed by atoms with van der Waals surface area (Å²) in [6.07, 6.45) is 4.33. The lowest BCUT2D eigenvalue weighted by molar-refractivity contribution is -0.169. The molecule has 41 heavy (non-hydrogen) atoms. The molecule has 3 aliphatic carbocycles. The fourth-order valence-electron chi connectivity index (χ4n) is 9.17. The van der Waals surface area contributed by atoms with Crippen LogP contribution < -0.4 is 0 Å². The molecule has 10 nitrogen and oxygen atoms in total. The van der Waals surface area contributed by atoms with Gasteiger partial charge in [0.2, 0.25) is 0 Å². The number of carbonyl (C=O) groups excluding carboxylic acids is 3. The molecule has 0 amide bonds. The van der Waals surface area contributed by atoms with E-state index in [-0.39, 0.29) is 66.4 Å². The van der Waals surface area contributed by atoms with Crippen LogP contribution in [0.2, 0.25) is 0 Å². The average molecular weight is 574 g/mol. The number of hydrogen-bond donors (Lipinski definition) is 0. The Hall–Kier alpha value is -2.01. The zero-order valence-corrected chi connectivity index (χ0v) is 24.5. The molecule has 0 aromatic rings. The molecule has 7 aliphatic rings. The number of rotatable bonds is 9. The van der Waals surface area contributed by atoms with E-state index in [9.17, 15) is 14.4 Å². The molecule has 4 aliphatic heterocycles. The molecule has 4 heterocycles. The Bertz CT molecular complexity index is 1150. The van der Waals surface area contributed by atoms with Crippen LogP contribution >= 0.6 is 0 Å². The van der Waals surface area contributed by atoms with Gasteiger partial charge >= 0.3 is 17.9 Å². The van der Waals surface area contributed by atoms with E-state index in [0.717, 1.165) is 43.5 Å². The third-order valence-corrected chi connectivity index (χ3v) is 11.3. The van der Waals surface area contributed by atoms with E-state index < -0.39 is 11.2 Å². The van der Waals surface area contributed by atoms with Crippen molar-refractivity contribution in [2.24, 2.45) is 23.2 Å². The molecular formula is C31H43NO9. The Morgan fingerprint density at radius 3 is 2.66 bits per heavy atom. The van der Waals surface area contributed by atoms with Crippen molar-refractivity contribution in [3.63, 3.8) is 0 Å². The van der Waals surface area contributed by atoms with Gasteiger partial charge in [-0.3, -0.25) is 14.5 Å². The van der Waals surface area contributed by atoms with E-state index >= 15 is 0 Å². The third-order valence-electron chi connectivity index (χ3n) is 11.3. The second kappa shape index (κ2) is 10.0. The van der Waals surface area contributed by atoms with E-state index in [1.54, 1.807) is 0 Å². The third kappa shape index (κ3) is 4.14. The number of cyclic esters (lactones) is 1. The zero-order valence-electron chi connectivity index (χ0n) is 24.5. The van der Waals surface area contributed by atoms with Crippen molar-refractivity contribution in [2.45, 2.75) is 95.2 Å².